The van der Waals surface area contributed by atoms with E-state index in [0.717, 1.165) is 18.0 Å². The number of nitrogens with one attached hydrogen (secondary N) is 1. The first-order valence-electron chi connectivity index (χ1n) is 6.15. The Balaban J connectivity index is 2.50. The lowest BCUT2D eigenvalue weighted by atomic mass is 9.95. The van der Waals surface area contributed by atoms with Gasteiger partial charge in [0.1, 0.15) is 0 Å². The van der Waals surface area contributed by atoms with E-state index < -0.39 is 0 Å². The Morgan fingerprint density at radius 1 is 1.35 bits per heavy atom. The van der Waals surface area contributed by atoms with Gasteiger partial charge in [-0.2, -0.15) is 11.8 Å². The van der Waals surface area contributed by atoms with Gasteiger partial charge in [0.05, 0.1) is 0 Å². The molecule has 1 aromatic rings. The molecule has 17 heavy (non-hydrogen) atoms. The van der Waals surface area contributed by atoms with Gasteiger partial charge in [0.15, 0.2) is 0 Å². The molecule has 0 fully saturated rings. The van der Waals surface area contributed by atoms with Gasteiger partial charge in [-0.1, -0.05) is 29.8 Å². The van der Waals surface area contributed by atoms with Crippen LogP contribution < -0.4 is 5.32 Å². The Morgan fingerprint density at radius 2 is 2.12 bits per heavy atom. The van der Waals surface area contributed by atoms with E-state index in [2.05, 4.69) is 23.7 Å². The summed E-state index contributed by atoms with van der Waals surface area (Å²) in [5, 5.41) is 4.19. The van der Waals surface area contributed by atoms with Crippen molar-refractivity contribution < 1.29 is 0 Å². The first-order chi connectivity index (χ1) is 8.27. The molecule has 1 rings (SSSR count). The monoisotopic (exact) mass is 271 g/mol. The summed E-state index contributed by atoms with van der Waals surface area (Å²) in [6, 6.07) is 8.18. The SMILES string of the molecule is CNCC(CCCSC)Cc1ccccc1Cl. The van der Waals surface area contributed by atoms with Crippen LogP contribution in [-0.2, 0) is 6.42 Å². The second-order valence-electron chi connectivity index (χ2n) is 4.35. The number of hydrogen-bond acceptors (Lipinski definition) is 2. The zero-order chi connectivity index (χ0) is 12.5. The molecule has 0 aliphatic heterocycles. The second kappa shape index (κ2) is 8.84. The van der Waals surface area contributed by atoms with Gasteiger partial charge in [-0.25, -0.2) is 0 Å². The van der Waals surface area contributed by atoms with E-state index in [1.807, 2.05) is 30.9 Å². The van der Waals surface area contributed by atoms with Gasteiger partial charge in [-0.15, -0.1) is 0 Å². The zero-order valence-corrected chi connectivity index (χ0v) is 12.3. The van der Waals surface area contributed by atoms with Crippen LogP contribution >= 0.6 is 23.4 Å². The molecule has 1 unspecified atom stereocenters. The van der Waals surface area contributed by atoms with Gasteiger partial charge in [0, 0.05) is 5.02 Å². The Hall–Kier alpha value is -0.180. The number of hydrogen-bond donors (Lipinski definition) is 1. The molecule has 1 atom stereocenters. The molecule has 1 aromatic carbocycles. The van der Waals surface area contributed by atoms with Crippen LogP contribution in [0, 0.1) is 5.92 Å². The maximum atomic E-state index is 6.21. The number of rotatable bonds is 8. The van der Waals surface area contributed by atoms with Crippen LogP contribution in [0.2, 0.25) is 5.02 Å². The summed E-state index contributed by atoms with van der Waals surface area (Å²) in [6.45, 7) is 1.07. The van der Waals surface area contributed by atoms with Crippen molar-refractivity contribution in [1.29, 1.82) is 0 Å². The predicted molar refractivity (Wildman–Crippen MR) is 80.2 cm³/mol. The van der Waals surface area contributed by atoms with Crippen LogP contribution in [0.25, 0.3) is 0 Å². The smallest absolute Gasteiger partial charge is 0.0438 e. The number of thioether (sulfide) groups is 1. The van der Waals surface area contributed by atoms with Gasteiger partial charge in [0.25, 0.3) is 0 Å². The molecule has 3 heteroatoms. The highest BCUT2D eigenvalue weighted by Crippen LogP contribution is 2.21. The summed E-state index contributed by atoms with van der Waals surface area (Å²) < 4.78 is 0. The normalized spacial score (nSPS) is 12.6. The molecule has 0 heterocycles. The van der Waals surface area contributed by atoms with E-state index in [-0.39, 0.29) is 0 Å². The molecular weight excluding hydrogens is 250 g/mol. The number of halogens is 1. The lowest BCUT2D eigenvalue weighted by Gasteiger charge is -2.17. The molecule has 0 aromatic heterocycles. The molecule has 96 valence electrons. The summed E-state index contributed by atoms with van der Waals surface area (Å²) in [4.78, 5) is 0. The van der Waals surface area contributed by atoms with Gasteiger partial charge >= 0.3 is 0 Å². The minimum Gasteiger partial charge on any atom is -0.319 e. The Labute approximate surface area is 114 Å². The van der Waals surface area contributed by atoms with Gasteiger partial charge in [-0.05, 0) is 62.4 Å². The third kappa shape index (κ3) is 5.80. The average Bonchev–Trinajstić information content (AvgIpc) is 2.32. The highest BCUT2D eigenvalue weighted by atomic mass is 35.5. The number of benzene rings is 1. The molecule has 0 saturated heterocycles. The Morgan fingerprint density at radius 3 is 2.76 bits per heavy atom. The second-order valence-corrected chi connectivity index (χ2v) is 5.75. The topological polar surface area (TPSA) is 12.0 Å². The van der Waals surface area contributed by atoms with E-state index in [0.29, 0.717) is 5.92 Å². The van der Waals surface area contributed by atoms with Crippen molar-refractivity contribution >= 4 is 23.4 Å². The van der Waals surface area contributed by atoms with E-state index >= 15 is 0 Å². The largest absolute Gasteiger partial charge is 0.319 e. The fourth-order valence-corrected chi connectivity index (χ4v) is 2.72. The first-order valence-corrected chi connectivity index (χ1v) is 7.92. The van der Waals surface area contributed by atoms with Gasteiger partial charge < -0.3 is 5.32 Å². The lowest BCUT2D eigenvalue weighted by Crippen LogP contribution is -2.21. The standard InChI is InChI=1S/C14H22ClNS/c1-16-11-12(6-5-9-17-2)10-13-7-3-4-8-14(13)15/h3-4,7-8,12,16H,5-6,9-11H2,1-2H3. The summed E-state index contributed by atoms with van der Waals surface area (Å²) in [6.07, 6.45) is 5.81. The van der Waals surface area contributed by atoms with Crippen molar-refractivity contribution in [1.82, 2.24) is 5.32 Å². The van der Waals surface area contributed by atoms with E-state index in [4.69, 9.17) is 11.6 Å². The van der Waals surface area contributed by atoms with E-state index in [9.17, 15) is 0 Å². The summed E-state index contributed by atoms with van der Waals surface area (Å²) >= 11 is 8.13. The lowest BCUT2D eigenvalue weighted by molar-refractivity contribution is 0.457. The average molecular weight is 272 g/mol. The molecule has 0 radical (unpaired) electrons. The first kappa shape index (κ1) is 14.9. The highest BCUT2D eigenvalue weighted by Gasteiger charge is 2.10. The molecular formula is C14H22ClNS. The quantitative estimate of drug-likeness (QED) is 0.721. The van der Waals surface area contributed by atoms with Crippen molar-refractivity contribution in [3.63, 3.8) is 0 Å². The summed E-state index contributed by atoms with van der Waals surface area (Å²) in [5.41, 5.74) is 1.28. The molecule has 0 bridgehead atoms. The summed E-state index contributed by atoms with van der Waals surface area (Å²) in [7, 11) is 2.02. The fraction of sp³-hybridized carbons (Fsp3) is 0.571. The Kier molecular flexibility index (Phi) is 7.74. The molecule has 0 aliphatic carbocycles. The Bertz CT molecular complexity index is 317. The van der Waals surface area contributed by atoms with Crippen molar-refractivity contribution in [2.75, 3.05) is 25.6 Å². The molecule has 1 nitrogen and oxygen atoms in total. The van der Waals surface area contributed by atoms with E-state index in [1.54, 1.807) is 0 Å². The molecule has 0 spiro atoms. The van der Waals surface area contributed by atoms with Crippen LogP contribution in [0.1, 0.15) is 18.4 Å². The van der Waals surface area contributed by atoms with Crippen molar-refractivity contribution in [2.45, 2.75) is 19.3 Å². The van der Waals surface area contributed by atoms with Crippen LogP contribution in [0.15, 0.2) is 24.3 Å². The summed E-state index contributed by atoms with van der Waals surface area (Å²) in [5.74, 6) is 1.94. The van der Waals surface area contributed by atoms with Crippen LogP contribution in [0.3, 0.4) is 0 Å². The molecule has 1 N–H and O–H groups in total. The third-order valence-electron chi connectivity index (χ3n) is 2.92. The minimum absolute atomic E-state index is 0.687. The van der Waals surface area contributed by atoms with Crippen LogP contribution in [0.5, 0.6) is 0 Å². The molecule has 0 amide bonds. The van der Waals surface area contributed by atoms with Crippen molar-refractivity contribution in [3.05, 3.63) is 34.9 Å². The van der Waals surface area contributed by atoms with E-state index in [1.165, 1.54) is 24.2 Å². The van der Waals surface area contributed by atoms with Crippen LogP contribution in [0.4, 0.5) is 0 Å². The highest BCUT2D eigenvalue weighted by molar-refractivity contribution is 7.98. The third-order valence-corrected chi connectivity index (χ3v) is 3.99. The van der Waals surface area contributed by atoms with Gasteiger partial charge in [-0.3, -0.25) is 0 Å². The van der Waals surface area contributed by atoms with Crippen molar-refractivity contribution in [2.24, 2.45) is 5.92 Å². The molecule has 0 saturated carbocycles. The van der Waals surface area contributed by atoms with Gasteiger partial charge in [0.2, 0.25) is 0 Å². The maximum absolute atomic E-state index is 6.21. The maximum Gasteiger partial charge on any atom is 0.0438 e. The van der Waals surface area contributed by atoms with Crippen molar-refractivity contribution in [3.8, 4) is 0 Å². The minimum atomic E-state index is 0.687. The molecule has 0 aliphatic rings. The fourth-order valence-electron chi connectivity index (χ4n) is 2.06. The predicted octanol–water partition coefficient (Wildman–Crippen LogP) is 3.86. The van der Waals surface area contributed by atoms with Crippen LogP contribution in [-0.4, -0.2) is 25.6 Å². The zero-order valence-electron chi connectivity index (χ0n) is 10.7.